The molecule has 0 nitrogen and oxygen atoms in total. The Morgan fingerprint density at radius 2 is 2.00 bits per heavy atom. The molecule has 0 spiro atoms. The van der Waals surface area contributed by atoms with Gasteiger partial charge in [0.05, 0.1) is 0 Å². The Morgan fingerprint density at radius 1 is 1.29 bits per heavy atom. The third-order valence-corrected chi connectivity index (χ3v) is 5.05. The molecule has 0 heterocycles. The van der Waals surface area contributed by atoms with Crippen molar-refractivity contribution in [2.24, 2.45) is 23.2 Å². The Morgan fingerprint density at radius 3 is 2.71 bits per heavy atom. The first kappa shape index (κ1) is 10.3. The van der Waals surface area contributed by atoms with Gasteiger partial charge in [-0.1, -0.05) is 39.3 Å². The highest BCUT2D eigenvalue weighted by atomic mass is 14.5. The molecule has 0 aromatic rings. The lowest BCUT2D eigenvalue weighted by Gasteiger charge is -2.48. The van der Waals surface area contributed by atoms with Crippen molar-refractivity contribution < 1.29 is 0 Å². The molecular formula is C14H24. The van der Waals surface area contributed by atoms with Gasteiger partial charge >= 0.3 is 0 Å². The minimum absolute atomic E-state index is 0.546. The molecule has 80 valence electrons. The third-order valence-electron chi connectivity index (χ3n) is 5.05. The van der Waals surface area contributed by atoms with Gasteiger partial charge in [-0.15, -0.1) is 0 Å². The molecule has 0 amide bonds. The molecule has 0 aromatic carbocycles. The minimum Gasteiger partial charge on any atom is -0.0845 e. The fourth-order valence-electron chi connectivity index (χ4n) is 3.41. The van der Waals surface area contributed by atoms with Gasteiger partial charge in [-0.25, -0.2) is 0 Å². The summed E-state index contributed by atoms with van der Waals surface area (Å²) in [5, 5.41) is 0. The maximum Gasteiger partial charge on any atom is -0.00879 e. The molecule has 0 saturated heterocycles. The van der Waals surface area contributed by atoms with Crippen molar-refractivity contribution in [3.8, 4) is 0 Å². The van der Waals surface area contributed by atoms with E-state index < -0.39 is 0 Å². The number of rotatable bonds is 0. The largest absolute Gasteiger partial charge is 0.0845 e. The van der Waals surface area contributed by atoms with Crippen LogP contribution in [0.25, 0.3) is 0 Å². The highest BCUT2D eigenvalue weighted by Crippen LogP contribution is 2.53. The van der Waals surface area contributed by atoms with E-state index in [9.17, 15) is 0 Å². The monoisotopic (exact) mass is 192 g/mol. The number of fused-ring (bicyclic) bond motifs is 1. The first-order chi connectivity index (χ1) is 6.54. The second-order valence-electron chi connectivity index (χ2n) is 6.00. The van der Waals surface area contributed by atoms with Crippen molar-refractivity contribution in [3.63, 3.8) is 0 Å². The van der Waals surface area contributed by atoms with Crippen LogP contribution in [-0.2, 0) is 0 Å². The standard InChI is InChI=1S/C14H24/c1-10-7-8-14(4)12(3)11(2)5-6-13(14)9-10/h6,10-12H,5,7-9H2,1-4H3. The van der Waals surface area contributed by atoms with Crippen molar-refractivity contribution in [1.29, 1.82) is 0 Å². The molecule has 14 heavy (non-hydrogen) atoms. The van der Waals surface area contributed by atoms with E-state index in [-0.39, 0.29) is 0 Å². The lowest BCUT2D eigenvalue weighted by Crippen LogP contribution is -2.38. The first-order valence-electron chi connectivity index (χ1n) is 6.23. The van der Waals surface area contributed by atoms with Crippen LogP contribution in [-0.4, -0.2) is 0 Å². The van der Waals surface area contributed by atoms with E-state index in [1.807, 2.05) is 0 Å². The maximum atomic E-state index is 2.56. The van der Waals surface area contributed by atoms with Crippen LogP contribution < -0.4 is 0 Å². The van der Waals surface area contributed by atoms with Crippen LogP contribution in [0.4, 0.5) is 0 Å². The van der Waals surface area contributed by atoms with Crippen LogP contribution in [0.2, 0.25) is 0 Å². The second kappa shape index (κ2) is 3.40. The normalized spacial score (nSPS) is 48.3. The number of allylic oxidation sites excluding steroid dienone is 2. The number of hydrogen-bond donors (Lipinski definition) is 0. The van der Waals surface area contributed by atoms with Gasteiger partial charge in [0.25, 0.3) is 0 Å². The van der Waals surface area contributed by atoms with E-state index >= 15 is 0 Å². The SMILES string of the molecule is CC1CCC2(C)C(=CCC(C)C2C)C1. The summed E-state index contributed by atoms with van der Waals surface area (Å²) in [5.74, 6) is 2.70. The van der Waals surface area contributed by atoms with Crippen LogP contribution in [0.5, 0.6) is 0 Å². The van der Waals surface area contributed by atoms with E-state index in [2.05, 4.69) is 33.8 Å². The van der Waals surface area contributed by atoms with Crippen LogP contribution in [0.15, 0.2) is 11.6 Å². The summed E-state index contributed by atoms with van der Waals surface area (Å²) in [4.78, 5) is 0. The van der Waals surface area contributed by atoms with E-state index in [0.29, 0.717) is 5.41 Å². The average molecular weight is 192 g/mol. The Labute approximate surface area is 88.8 Å². The molecule has 0 aromatic heterocycles. The van der Waals surface area contributed by atoms with Gasteiger partial charge < -0.3 is 0 Å². The lowest BCUT2D eigenvalue weighted by molar-refractivity contribution is 0.117. The van der Waals surface area contributed by atoms with Crippen molar-refractivity contribution >= 4 is 0 Å². The Bertz CT molecular complexity index is 251. The predicted octanol–water partition coefficient (Wildman–Crippen LogP) is 4.42. The van der Waals surface area contributed by atoms with Gasteiger partial charge in [0, 0.05) is 0 Å². The summed E-state index contributed by atoms with van der Waals surface area (Å²) < 4.78 is 0. The van der Waals surface area contributed by atoms with Crippen molar-refractivity contribution in [1.82, 2.24) is 0 Å². The van der Waals surface area contributed by atoms with E-state index in [1.54, 1.807) is 5.57 Å². The average Bonchev–Trinajstić information content (AvgIpc) is 2.16. The van der Waals surface area contributed by atoms with Gasteiger partial charge in [-0.2, -0.15) is 0 Å². The van der Waals surface area contributed by atoms with Crippen molar-refractivity contribution in [2.45, 2.75) is 53.4 Å². The molecule has 1 fully saturated rings. The summed E-state index contributed by atoms with van der Waals surface area (Å²) in [6.07, 6.45) is 8.10. The molecule has 4 atom stereocenters. The van der Waals surface area contributed by atoms with Gasteiger partial charge in [0.1, 0.15) is 0 Å². The van der Waals surface area contributed by atoms with Crippen LogP contribution in [0.1, 0.15) is 53.4 Å². The van der Waals surface area contributed by atoms with Crippen LogP contribution in [0.3, 0.4) is 0 Å². The maximum absolute atomic E-state index is 2.56. The predicted molar refractivity (Wildman–Crippen MR) is 62.2 cm³/mol. The molecule has 2 aliphatic rings. The zero-order valence-corrected chi connectivity index (χ0v) is 10.1. The van der Waals surface area contributed by atoms with Gasteiger partial charge in [-0.3, -0.25) is 0 Å². The zero-order chi connectivity index (χ0) is 10.3. The van der Waals surface area contributed by atoms with Gasteiger partial charge in [0.2, 0.25) is 0 Å². The topological polar surface area (TPSA) is 0 Å². The highest BCUT2D eigenvalue weighted by molar-refractivity contribution is 5.21. The van der Waals surface area contributed by atoms with Gasteiger partial charge in [0.15, 0.2) is 0 Å². The quantitative estimate of drug-likeness (QED) is 0.499. The Hall–Kier alpha value is -0.260. The molecular weight excluding hydrogens is 168 g/mol. The minimum atomic E-state index is 0.546. The fourth-order valence-corrected chi connectivity index (χ4v) is 3.41. The summed E-state index contributed by atoms with van der Waals surface area (Å²) >= 11 is 0. The highest BCUT2D eigenvalue weighted by Gasteiger charge is 2.42. The molecule has 0 heteroatoms. The summed E-state index contributed by atoms with van der Waals surface area (Å²) in [7, 11) is 0. The Balaban J connectivity index is 2.28. The molecule has 0 radical (unpaired) electrons. The van der Waals surface area contributed by atoms with Gasteiger partial charge in [-0.05, 0) is 48.9 Å². The molecule has 0 bridgehead atoms. The second-order valence-corrected chi connectivity index (χ2v) is 6.00. The first-order valence-corrected chi connectivity index (χ1v) is 6.23. The smallest absolute Gasteiger partial charge is 0.00879 e. The van der Waals surface area contributed by atoms with E-state index in [1.165, 1.54) is 25.7 Å². The lowest BCUT2D eigenvalue weighted by atomic mass is 9.57. The van der Waals surface area contributed by atoms with Crippen molar-refractivity contribution in [3.05, 3.63) is 11.6 Å². The molecule has 1 saturated carbocycles. The molecule has 2 aliphatic carbocycles. The van der Waals surface area contributed by atoms with Crippen LogP contribution in [0, 0.1) is 23.2 Å². The molecule has 0 N–H and O–H groups in total. The van der Waals surface area contributed by atoms with E-state index in [4.69, 9.17) is 0 Å². The zero-order valence-electron chi connectivity index (χ0n) is 10.1. The van der Waals surface area contributed by atoms with Crippen LogP contribution >= 0.6 is 0 Å². The third kappa shape index (κ3) is 1.43. The number of hydrogen-bond acceptors (Lipinski definition) is 0. The van der Waals surface area contributed by atoms with Crippen molar-refractivity contribution in [2.75, 3.05) is 0 Å². The fraction of sp³-hybridized carbons (Fsp3) is 0.857. The summed E-state index contributed by atoms with van der Waals surface area (Å²) in [6.45, 7) is 9.79. The summed E-state index contributed by atoms with van der Waals surface area (Å²) in [5.41, 5.74) is 2.33. The van der Waals surface area contributed by atoms with E-state index in [0.717, 1.165) is 17.8 Å². The summed E-state index contributed by atoms with van der Waals surface area (Å²) in [6, 6.07) is 0. The molecule has 2 rings (SSSR count). The molecule has 0 aliphatic heterocycles. The Kier molecular flexibility index (Phi) is 2.49. The molecule has 4 unspecified atom stereocenters.